The molecule has 0 saturated carbocycles. The number of rotatable bonds is 4. The first-order valence-corrected chi connectivity index (χ1v) is 3.12. The second-order valence-electron chi connectivity index (χ2n) is 2.25. The molecule has 0 aromatic heterocycles. The van der Waals surface area contributed by atoms with Gasteiger partial charge in [-0.05, 0) is 6.42 Å². The van der Waals surface area contributed by atoms with Crippen LogP contribution in [-0.4, -0.2) is 22.9 Å². The Hall–Kier alpha value is -0.340. The maximum Gasteiger partial charge on any atom is 0.0621 e. The molecular weight excluding hydrogens is 116 g/mol. The third-order valence-electron chi connectivity index (χ3n) is 1.35. The highest BCUT2D eigenvalue weighted by Gasteiger charge is 2.09. The van der Waals surface area contributed by atoms with Crippen molar-refractivity contribution in [3.8, 4) is 0 Å². The fourth-order valence-corrected chi connectivity index (χ4v) is 0.525. The molecule has 0 aromatic carbocycles. The molecule has 9 heavy (non-hydrogen) atoms. The highest BCUT2D eigenvalue weighted by molar-refractivity contribution is 4.75. The Balaban J connectivity index is 3.44. The van der Waals surface area contributed by atoms with E-state index < -0.39 is 6.10 Å². The molecule has 0 spiro atoms. The van der Waals surface area contributed by atoms with Gasteiger partial charge in [-0.25, -0.2) is 0 Å². The lowest BCUT2D eigenvalue weighted by molar-refractivity contribution is 0.0795. The molecule has 2 N–H and O–H groups in total. The molecule has 0 amide bonds. The van der Waals surface area contributed by atoms with Gasteiger partial charge in [0, 0.05) is 12.5 Å². The zero-order valence-corrected chi connectivity index (χ0v) is 5.75. The molecule has 0 bridgehead atoms. The van der Waals surface area contributed by atoms with E-state index in [-0.39, 0.29) is 12.5 Å². The minimum Gasteiger partial charge on any atom is -0.396 e. The summed E-state index contributed by atoms with van der Waals surface area (Å²) in [6.07, 6.45) is 1.77. The molecule has 0 heterocycles. The van der Waals surface area contributed by atoms with Gasteiger partial charge in [-0.3, -0.25) is 0 Å². The Morgan fingerprint density at radius 3 is 2.56 bits per heavy atom. The van der Waals surface area contributed by atoms with Crippen LogP contribution in [-0.2, 0) is 0 Å². The van der Waals surface area contributed by atoms with Crippen LogP contribution in [0.5, 0.6) is 0 Å². The van der Waals surface area contributed by atoms with E-state index >= 15 is 0 Å². The quantitative estimate of drug-likeness (QED) is 0.546. The Kier molecular flexibility index (Phi) is 4.36. The van der Waals surface area contributed by atoms with Crippen molar-refractivity contribution in [1.29, 1.82) is 0 Å². The molecule has 54 valence electrons. The van der Waals surface area contributed by atoms with Gasteiger partial charge < -0.3 is 10.2 Å². The highest BCUT2D eigenvalue weighted by atomic mass is 16.3. The monoisotopic (exact) mass is 130 g/mol. The molecule has 2 heteroatoms. The zero-order chi connectivity index (χ0) is 7.28. The summed E-state index contributed by atoms with van der Waals surface area (Å²) in [6.45, 7) is 5.31. The summed E-state index contributed by atoms with van der Waals surface area (Å²) < 4.78 is 0. The van der Waals surface area contributed by atoms with E-state index in [9.17, 15) is 0 Å². The molecule has 0 fully saturated rings. The Labute approximate surface area is 55.8 Å². The van der Waals surface area contributed by atoms with Gasteiger partial charge in [0.15, 0.2) is 0 Å². The van der Waals surface area contributed by atoms with Crippen molar-refractivity contribution in [2.45, 2.75) is 19.4 Å². The van der Waals surface area contributed by atoms with Gasteiger partial charge in [-0.15, -0.1) is 6.58 Å². The van der Waals surface area contributed by atoms with Crippen molar-refractivity contribution >= 4 is 0 Å². The van der Waals surface area contributed by atoms with E-state index in [1.54, 1.807) is 13.0 Å². The van der Waals surface area contributed by atoms with Crippen LogP contribution in [0.15, 0.2) is 12.7 Å². The number of hydrogen-bond acceptors (Lipinski definition) is 2. The Bertz CT molecular complexity index is 81.0. The number of aliphatic hydroxyl groups excluding tert-OH is 2. The van der Waals surface area contributed by atoms with Crippen LogP contribution >= 0.6 is 0 Å². The summed E-state index contributed by atoms with van der Waals surface area (Å²) in [6, 6.07) is 0. The molecule has 1 unspecified atom stereocenters. The lowest BCUT2D eigenvalue weighted by Gasteiger charge is -2.13. The van der Waals surface area contributed by atoms with Gasteiger partial charge in [0.25, 0.3) is 0 Å². The minimum atomic E-state index is -0.438. The molecule has 0 saturated heterocycles. The lowest BCUT2D eigenvalue weighted by atomic mass is 10.0. The zero-order valence-electron chi connectivity index (χ0n) is 5.75. The predicted octanol–water partition coefficient (Wildman–Crippen LogP) is 0.552. The predicted molar refractivity (Wildman–Crippen MR) is 37.1 cm³/mol. The second-order valence-corrected chi connectivity index (χ2v) is 2.25. The molecule has 0 aliphatic carbocycles. The van der Waals surface area contributed by atoms with E-state index in [2.05, 4.69) is 6.58 Å². The van der Waals surface area contributed by atoms with Gasteiger partial charge in [0.1, 0.15) is 0 Å². The van der Waals surface area contributed by atoms with Crippen LogP contribution in [0.4, 0.5) is 0 Å². The van der Waals surface area contributed by atoms with Crippen molar-refractivity contribution in [3.05, 3.63) is 12.7 Å². The van der Waals surface area contributed by atoms with Gasteiger partial charge in [0.2, 0.25) is 0 Å². The van der Waals surface area contributed by atoms with Crippen LogP contribution in [0.1, 0.15) is 13.3 Å². The van der Waals surface area contributed by atoms with Crippen molar-refractivity contribution in [2.24, 2.45) is 5.92 Å². The van der Waals surface area contributed by atoms with Gasteiger partial charge in [-0.1, -0.05) is 13.0 Å². The standard InChI is InChI=1S/C7H14O2/c1-3-4-7(9)6(2)5-8/h3,6-9H,1,4-5H2,2H3/t6-,7?/m0/s1. The fourth-order valence-electron chi connectivity index (χ4n) is 0.525. The third-order valence-corrected chi connectivity index (χ3v) is 1.35. The molecule has 0 aliphatic rings. The summed E-state index contributed by atoms with van der Waals surface area (Å²) in [4.78, 5) is 0. The van der Waals surface area contributed by atoms with Crippen molar-refractivity contribution in [1.82, 2.24) is 0 Å². The lowest BCUT2D eigenvalue weighted by Crippen LogP contribution is -2.19. The van der Waals surface area contributed by atoms with Crippen molar-refractivity contribution in [2.75, 3.05) is 6.61 Å². The average Bonchev–Trinajstić information content (AvgIpc) is 1.87. The van der Waals surface area contributed by atoms with Crippen LogP contribution in [0, 0.1) is 5.92 Å². The normalized spacial score (nSPS) is 16.8. The molecule has 2 atom stereocenters. The molecule has 0 radical (unpaired) electrons. The van der Waals surface area contributed by atoms with E-state index in [0.717, 1.165) is 0 Å². The van der Waals surface area contributed by atoms with E-state index in [1.165, 1.54) is 0 Å². The van der Waals surface area contributed by atoms with Crippen LogP contribution in [0.25, 0.3) is 0 Å². The topological polar surface area (TPSA) is 40.5 Å². The first kappa shape index (κ1) is 8.66. The van der Waals surface area contributed by atoms with Crippen molar-refractivity contribution < 1.29 is 10.2 Å². The van der Waals surface area contributed by atoms with Gasteiger partial charge in [0.05, 0.1) is 6.10 Å². The smallest absolute Gasteiger partial charge is 0.0621 e. The second kappa shape index (κ2) is 4.53. The van der Waals surface area contributed by atoms with Crippen LogP contribution < -0.4 is 0 Å². The third kappa shape index (κ3) is 3.27. The Morgan fingerprint density at radius 2 is 2.22 bits per heavy atom. The summed E-state index contributed by atoms with van der Waals surface area (Å²) in [5.41, 5.74) is 0. The van der Waals surface area contributed by atoms with E-state index in [4.69, 9.17) is 10.2 Å². The van der Waals surface area contributed by atoms with E-state index in [0.29, 0.717) is 6.42 Å². The number of aliphatic hydroxyl groups is 2. The molecule has 0 aromatic rings. The van der Waals surface area contributed by atoms with Crippen LogP contribution in [0.3, 0.4) is 0 Å². The van der Waals surface area contributed by atoms with Gasteiger partial charge in [-0.2, -0.15) is 0 Å². The Morgan fingerprint density at radius 1 is 1.67 bits per heavy atom. The first-order valence-electron chi connectivity index (χ1n) is 3.12. The minimum absolute atomic E-state index is 0.0367. The summed E-state index contributed by atoms with van der Waals surface area (Å²) in [5.74, 6) is -0.0389. The summed E-state index contributed by atoms with van der Waals surface area (Å²) in [7, 11) is 0. The highest BCUT2D eigenvalue weighted by Crippen LogP contribution is 2.05. The molecule has 0 aliphatic heterocycles. The average molecular weight is 130 g/mol. The van der Waals surface area contributed by atoms with Gasteiger partial charge >= 0.3 is 0 Å². The van der Waals surface area contributed by atoms with Crippen molar-refractivity contribution in [3.63, 3.8) is 0 Å². The van der Waals surface area contributed by atoms with E-state index in [1.807, 2.05) is 0 Å². The molecule has 0 rings (SSSR count). The fraction of sp³-hybridized carbons (Fsp3) is 0.714. The largest absolute Gasteiger partial charge is 0.396 e. The number of hydrogen-bond donors (Lipinski definition) is 2. The maximum absolute atomic E-state index is 9.09. The summed E-state index contributed by atoms with van der Waals surface area (Å²) >= 11 is 0. The first-order chi connectivity index (χ1) is 4.22. The maximum atomic E-state index is 9.09. The van der Waals surface area contributed by atoms with Crippen LogP contribution in [0.2, 0.25) is 0 Å². The SMILES string of the molecule is C=CCC(O)[C@@H](C)CO. The molecular formula is C7H14O2. The summed E-state index contributed by atoms with van der Waals surface area (Å²) in [5, 5.41) is 17.6. The molecule has 2 nitrogen and oxygen atoms in total.